The summed E-state index contributed by atoms with van der Waals surface area (Å²) < 4.78 is 10.7. The van der Waals surface area contributed by atoms with E-state index >= 15 is 0 Å². The van der Waals surface area contributed by atoms with Crippen LogP contribution in [0.25, 0.3) is 0 Å². The standard InChI is InChI=1S/C13H23N3O2/c1-9(2)11(14-3)8-12-15-13(16-18-12)10-4-6-17-7-5-10/h9-11,14H,4-8H2,1-3H3. The Hall–Kier alpha value is -0.940. The number of ether oxygens (including phenoxy) is 1. The van der Waals surface area contributed by atoms with Gasteiger partial charge in [0.2, 0.25) is 5.89 Å². The highest BCUT2D eigenvalue weighted by Gasteiger charge is 2.22. The van der Waals surface area contributed by atoms with Crippen LogP contribution in [0.15, 0.2) is 4.52 Å². The number of nitrogens with one attached hydrogen (secondary N) is 1. The third-order valence-electron chi connectivity index (χ3n) is 3.64. The van der Waals surface area contributed by atoms with Gasteiger partial charge in [0, 0.05) is 31.6 Å². The molecule has 0 saturated carbocycles. The molecular formula is C13H23N3O2. The number of hydrogen-bond donors (Lipinski definition) is 1. The van der Waals surface area contributed by atoms with E-state index in [2.05, 4.69) is 29.3 Å². The summed E-state index contributed by atoms with van der Waals surface area (Å²) in [6, 6.07) is 0.382. The van der Waals surface area contributed by atoms with Gasteiger partial charge in [-0.15, -0.1) is 0 Å². The van der Waals surface area contributed by atoms with Gasteiger partial charge >= 0.3 is 0 Å². The van der Waals surface area contributed by atoms with Gasteiger partial charge in [-0.25, -0.2) is 0 Å². The zero-order valence-corrected chi connectivity index (χ0v) is 11.5. The first kappa shape index (κ1) is 13.5. The maximum absolute atomic E-state index is 5.36. The summed E-state index contributed by atoms with van der Waals surface area (Å²) in [5.41, 5.74) is 0. The van der Waals surface area contributed by atoms with Crippen LogP contribution in [0.3, 0.4) is 0 Å². The summed E-state index contributed by atoms with van der Waals surface area (Å²) in [6.45, 7) is 5.99. The normalized spacial score (nSPS) is 19.3. The zero-order valence-electron chi connectivity index (χ0n) is 11.5. The Labute approximate surface area is 108 Å². The predicted octanol–water partition coefficient (Wildman–Crippen LogP) is 1.75. The fourth-order valence-corrected chi connectivity index (χ4v) is 2.33. The molecule has 0 radical (unpaired) electrons. The maximum Gasteiger partial charge on any atom is 0.228 e. The molecule has 1 fully saturated rings. The first-order chi connectivity index (χ1) is 8.70. The monoisotopic (exact) mass is 253 g/mol. The van der Waals surface area contributed by atoms with Crippen LogP contribution in [0.2, 0.25) is 0 Å². The number of likely N-dealkylation sites (N-methyl/N-ethyl adjacent to an activating group) is 1. The van der Waals surface area contributed by atoms with E-state index in [0.29, 0.717) is 17.9 Å². The van der Waals surface area contributed by atoms with Gasteiger partial charge in [-0.1, -0.05) is 19.0 Å². The molecular weight excluding hydrogens is 230 g/mol. The van der Waals surface area contributed by atoms with E-state index in [1.165, 1.54) is 0 Å². The van der Waals surface area contributed by atoms with Crippen LogP contribution in [0.1, 0.15) is 44.3 Å². The zero-order chi connectivity index (χ0) is 13.0. The van der Waals surface area contributed by atoms with Crippen molar-refractivity contribution < 1.29 is 9.26 Å². The Bertz CT molecular complexity index is 359. The first-order valence-corrected chi connectivity index (χ1v) is 6.78. The average Bonchev–Trinajstić information content (AvgIpc) is 2.85. The third-order valence-corrected chi connectivity index (χ3v) is 3.64. The molecule has 1 aliphatic rings. The van der Waals surface area contributed by atoms with Crippen molar-refractivity contribution in [3.63, 3.8) is 0 Å². The van der Waals surface area contributed by atoms with E-state index in [-0.39, 0.29) is 0 Å². The Morgan fingerprint density at radius 3 is 2.67 bits per heavy atom. The molecule has 0 bridgehead atoms. The summed E-state index contributed by atoms with van der Waals surface area (Å²) in [5.74, 6) is 2.55. The minimum Gasteiger partial charge on any atom is -0.381 e. The highest BCUT2D eigenvalue weighted by molar-refractivity contribution is 4.98. The van der Waals surface area contributed by atoms with E-state index in [4.69, 9.17) is 9.26 Å². The molecule has 1 aromatic heterocycles. The van der Waals surface area contributed by atoms with Crippen molar-refractivity contribution in [2.75, 3.05) is 20.3 Å². The van der Waals surface area contributed by atoms with Gasteiger partial charge in [-0.3, -0.25) is 0 Å². The van der Waals surface area contributed by atoms with Gasteiger partial charge < -0.3 is 14.6 Å². The van der Waals surface area contributed by atoms with Crippen molar-refractivity contribution >= 4 is 0 Å². The molecule has 0 spiro atoms. The van der Waals surface area contributed by atoms with Crippen LogP contribution in [0, 0.1) is 5.92 Å². The molecule has 1 aromatic rings. The smallest absolute Gasteiger partial charge is 0.228 e. The molecule has 5 heteroatoms. The quantitative estimate of drug-likeness (QED) is 0.866. The average molecular weight is 253 g/mol. The molecule has 1 N–H and O–H groups in total. The number of rotatable bonds is 5. The number of nitrogens with zero attached hydrogens (tertiary/aromatic N) is 2. The number of hydrogen-bond acceptors (Lipinski definition) is 5. The van der Waals surface area contributed by atoms with E-state index < -0.39 is 0 Å². The molecule has 1 aliphatic heterocycles. The van der Waals surface area contributed by atoms with E-state index in [1.54, 1.807) is 0 Å². The largest absolute Gasteiger partial charge is 0.381 e. The molecule has 18 heavy (non-hydrogen) atoms. The van der Waals surface area contributed by atoms with Crippen molar-refractivity contribution in [1.82, 2.24) is 15.5 Å². The van der Waals surface area contributed by atoms with Crippen molar-refractivity contribution in [3.05, 3.63) is 11.7 Å². The lowest BCUT2D eigenvalue weighted by Crippen LogP contribution is -2.32. The summed E-state index contributed by atoms with van der Waals surface area (Å²) in [7, 11) is 1.97. The molecule has 5 nitrogen and oxygen atoms in total. The van der Waals surface area contributed by atoms with Gasteiger partial charge in [0.1, 0.15) is 0 Å². The summed E-state index contributed by atoms with van der Waals surface area (Å²) in [5, 5.41) is 7.41. The molecule has 0 amide bonds. The molecule has 2 heterocycles. The van der Waals surface area contributed by atoms with Crippen LogP contribution in [0.4, 0.5) is 0 Å². The Kier molecular flexibility index (Phi) is 4.72. The fraction of sp³-hybridized carbons (Fsp3) is 0.846. The van der Waals surface area contributed by atoms with Crippen LogP contribution < -0.4 is 5.32 Å². The topological polar surface area (TPSA) is 60.2 Å². The van der Waals surface area contributed by atoms with Crippen molar-refractivity contribution in [2.45, 2.75) is 45.1 Å². The first-order valence-electron chi connectivity index (χ1n) is 6.78. The predicted molar refractivity (Wildman–Crippen MR) is 68.5 cm³/mol. The van der Waals surface area contributed by atoms with Gasteiger partial charge in [-0.05, 0) is 25.8 Å². The SMILES string of the molecule is CNC(Cc1nc(C2CCOCC2)no1)C(C)C. The lowest BCUT2D eigenvalue weighted by Gasteiger charge is -2.18. The van der Waals surface area contributed by atoms with Crippen molar-refractivity contribution in [3.8, 4) is 0 Å². The van der Waals surface area contributed by atoms with Crippen LogP contribution in [-0.4, -0.2) is 36.4 Å². The maximum atomic E-state index is 5.36. The van der Waals surface area contributed by atoms with Crippen LogP contribution >= 0.6 is 0 Å². The lowest BCUT2D eigenvalue weighted by atomic mass is 9.99. The Balaban J connectivity index is 1.96. The highest BCUT2D eigenvalue weighted by atomic mass is 16.5. The van der Waals surface area contributed by atoms with Crippen LogP contribution in [-0.2, 0) is 11.2 Å². The second kappa shape index (κ2) is 6.29. The van der Waals surface area contributed by atoms with Gasteiger partial charge in [-0.2, -0.15) is 4.98 Å². The third kappa shape index (κ3) is 3.29. The summed E-state index contributed by atoms with van der Waals surface area (Å²) >= 11 is 0. The highest BCUT2D eigenvalue weighted by Crippen LogP contribution is 2.24. The molecule has 1 unspecified atom stereocenters. The second-order valence-corrected chi connectivity index (χ2v) is 5.28. The van der Waals surface area contributed by atoms with Gasteiger partial charge in [0.15, 0.2) is 5.82 Å². The van der Waals surface area contributed by atoms with Crippen LogP contribution in [0.5, 0.6) is 0 Å². The molecule has 0 aliphatic carbocycles. The lowest BCUT2D eigenvalue weighted by molar-refractivity contribution is 0.0830. The molecule has 1 saturated heterocycles. The van der Waals surface area contributed by atoms with Gasteiger partial charge in [0.25, 0.3) is 0 Å². The summed E-state index contributed by atoms with van der Waals surface area (Å²) in [6.07, 6.45) is 2.79. The van der Waals surface area contributed by atoms with Crippen molar-refractivity contribution in [2.24, 2.45) is 5.92 Å². The molecule has 2 rings (SSSR count). The van der Waals surface area contributed by atoms with Crippen molar-refractivity contribution in [1.29, 1.82) is 0 Å². The Morgan fingerprint density at radius 2 is 2.06 bits per heavy atom. The number of aromatic nitrogens is 2. The van der Waals surface area contributed by atoms with E-state index in [1.807, 2.05) is 7.05 Å². The molecule has 1 atom stereocenters. The minimum absolute atomic E-state index is 0.382. The Morgan fingerprint density at radius 1 is 1.33 bits per heavy atom. The van der Waals surface area contributed by atoms with E-state index in [0.717, 1.165) is 44.2 Å². The molecule has 0 aromatic carbocycles. The van der Waals surface area contributed by atoms with E-state index in [9.17, 15) is 0 Å². The second-order valence-electron chi connectivity index (χ2n) is 5.28. The molecule has 102 valence electrons. The van der Waals surface area contributed by atoms with Gasteiger partial charge in [0.05, 0.1) is 0 Å². The summed E-state index contributed by atoms with van der Waals surface area (Å²) in [4.78, 5) is 4.53. The fourth-order valence-electron chi connectivity index (χ4n) is 2.33. The minimum atomic E-state index is 0.382.